The van der Waals surface area contributed by atoms with Gasteiger partial charge in [0.25, 0.3) is 0 Å². The number of benzene rings is 1. The van der Waals surface area contributed by atoms with E-state index in [0.29, 0.717) is 16.9 Å². The van der Waals surface area contributed by atoms with Crippen LogP contribution in [-0.2, 0) is 22.6 Å². The van der Waals surface area contributed by atoms with Gasteiger partial charge >= 0.3 is 0 Å². The molecule has 0 spiro atoms. The first-order valence-corrected chi connectivity index (χ1v) is 6.35. The first-order valence-electron chi connectivity index (χ1n) is 4.53. The van der Waals surface area contributed by atoms with Crippen LogP contribution in [0.25, 0.3) is 11.0 Å². The molecule has 2 aromatic rings. The molecule has 0 saturated carbocycles. The van der Waals surface area contributed by atoms with Crippen LogP contribution in [0.1, 0.15) is 5.82 Å². The highest BCUT2D eigenvalue weighted by Crippen LogP contribution is 2.17. The second kappa shape index (κ2) is 3.55. The van der Waals surface area contributed by atoms with Crippen molar-refractivity contribution in [2.24, 2.45) is 7.05 Å². The Bertz CT molecular complexity index is 646. The zero-order chi connectivity index (χ0) is 11.9. The molecule has 0 aliphatic rings. The van der Waals surface area contributed by atoms with Crippen molar-refractivity contribution < 1.29 is 12.8 Å². The molecule has 1 aromatic carbocycles. The van der Waals surface area contributed by atoms with Crippen LogP contribution in [-0.4, -0.2) is 18.0 Å². The third-order valence-corrected chi connectivity index (χ3v) is 2.98. The highest BCUT2D eigenvalue weighted by atomic mass is 32.2. The molecule has 0 N–H and O–H groups in total. The van der Waals surface area contributed by atoms with Crippen LogP contribution in [0.5, 0.6) is 0 Å². The normalized spacial score (nSPS) is 12.2. The van der Waals surface area contributed by atoms with Crippen LogP contribution >= 0.6 is 0 Å². The van der Waals surface area contributed by atoms with Gasteiger partial charge in [-0.25, -0.2) is 17.8 Å². The van der Waals surface area contributed by atoms with Crippen molar-refractivity contribution in [1.82, 2.24) is 9.55 Å². The molecular formula is C10H10FN2O2S. The summed E-state index contributed by atoms with van der Waals surface area (Å²) in [5.41, 5.74) is 1.14. The second-order valence-corrected chi connectivity index (χ2v) is 5.38. The van der Waals surface area contributed by atoms with Gasteiger partial charge in [0, 0.05) is 7.05 Å². The molecule has 0 atom stereocenters. The average Bonchev–Trinajstić information content (AvgIpc) is 2.42. The van der Waals surface area contributed by atoms with Gasteiger partial charge in [0.2, 0.25) is 0 Å². The third-order valence-electron chi connectivity index (χ3n) is 2.28. The minimum Gasteiger partial charge on any atom is -0.330 e. The lowest BCUT2D eigenvalue weighted by molar-refractivity contribution is 0.601. The molecule has 0 bridgehead atoms. The van der Waals surface area contributed by atoms with Crippen LogP contribution in [0.4, 0.5) is 4.39 Å². The minimum atomic E-state index is -3.38. The number of aromatic nitrogens is 2. The molecule has 6 heteroatoms. The van der Waals surface area contributed by atoms with Gasteiger partial charge in [0.1, 0.15) is 17.4 Å². The second-order valence-electron chi connectivity index (χ2n) is 3.61. The number of sulfone groups is 1. The Morgan fingerprint density at radius 1 is 1.50 bits per heavy atom. The zero-order valence-electron chi connectivity index (χ0n) is 8.64. The number of hydrogen-bond donors (Lipinski definition) is 0. The molecule has 0 saturated heterocycles. The Hall–Kier alpha value is -1.43. The fourth-order valence-electron chi connectivity index (χ4n) is 1.54. The average molecular weight is 241 g/mol. The monoisotopic (exact) mass is 241 g/mol. The van der Waals surface area contributed by atoms with E-state index < -0.39 is 9.84 Å². The maximum Gasteiger partial charge on any atom is 0.158 e. The quantitative estimate of drug-likeness (QED) is 0.799. The lowest BCUT2D eigenvalue weighted by Crippen LogP contribution is -2.05. The molecule has 1 radical (unpaired) electrons. The lowest BCUT2D eigenvalue weighted by atomic mass is 10.3. The van der Waals surface area contributed by atoms with E-state index in [9.17, 15) is 12.8 Å². The van der Waals surface area contributed by atoms with Gasteiger partial charge in [-0.15, -0.1) is 0 Å². The summed E-state index contributed by atoms with van der Waals surface area (Å²) in [5, 5.41) is 0. The van der Waals surface area contributed by atoms with Gasteiger partial charge in [-0.05, 0) is 18.2 Å². The van der Waals surface area contributed by atoms with Crippen molar-refractivity contribution >= 4 is 20.9 Å². The molecule has 0 aliphatic carbocycles. The summed E-state index contributed by atoms with van der Waals surface area (Å²) in [6, 6.07) is 4.13. The summed E-state index contributed by atoms with van der Waals surface area (Å²) >= 11 is 0. The molecule has 0 fully saturated rings. The smallest absolute Gasteiger partial charge is 0.158 e. The van der Waals surface area contributed by atoms with E-state index in [-0.39, 0.29) is 11.6 Å². The predicted molar refractivity (Wildman–Crippen MR) is 58.7 cm³/mol. The lowest BCUT2D eigenvalue weighted by Gasteiger charge is -2.00. The fraction of sp³-hybridized carbons (Fsp3) is 0.200. The highest BCUT2D eigenvalue weighted by Gasteiger charge is 2.13. The molecule has 1 aromatic heterocycles. The number of hydrogen-bond acceptors (Lipinski definition) is 3. The van der Waals surface area contributed by atoms with Gasteiger partial charge < -0.3 is 4.57 Å². The molecule has 2 rings (SSSR count). The molecule has 85 valence electrons. The molecule has 4 nitrogen and oxygen atoms in total. The van der Waals surface area contributed by atoms with E-state index in [2.05, 4.69) is 11.2 Å². The van der Waals surface area contributed by atoms with Crippen LogP contribution in [0, 0.1) is 12.1 Å². The summed E-state index contributed by atoms with van der Waals surface area (Å²) in [4.78, 5) is 4.12. The largest absolute Gasteiger partial charge is 0.330 e. The predicted octanol–water partition coefficient (Wildman–Crippen LogP) is 1.42. The number of halogens is 1. The SMILES string of the molecule is [CH2]S(=O)(=O)Cc1nc2ccc(F)cc2n1C. The molecule has 0 unspecified atom stereocenters. The third kappa shape index (κ3) is 2.06. The Morgan fingerprint density at radius 2 is 2.19 bits per heavy atom. The summed E-state index contributed by atoms with van der Waals surface area (Å²) in [5.74, 6) is -0.269. The highest BCUT2D eigenvalue weighted by molar-refractivity contribution is 7.91. The number of nitrogens with zero attached hydrogens (tertiary/aromatic N) is 2. The van der Waals surface area contributed by atoms with Crippen LogP contribution in [0.3, 0.4) is 0 Å². The van der Waals surface area contributed by atoms with Crippen LogP contribution in [0.15, 0.2) is 18.2 Å². The van der Waals surface area contributed by atoms with Gasteiger partial charge in [-0.2, -0.15) is 0 Å². The first-order chi connectivity index (χ1) is 7.37. The molecule has 16 heavy (non-hydrogen) atoms. The van der Waals surface area contributed by atoms with E-state index in [1.54, 1.807) is 11.6 Å². The molecule has 0 amide bonds. The Balaban J connectivity index is 2.61. The van der Waals surface area contributed by atoms with E-state index in [1.807, 2.05) is 0 Å². The van der Waals surface area contributed by atoms with Crippen molar-refractivity contribution in [2.45, 2.75) is 5.75 Å². The van der Waals surface area contributed by atoms with E-state index in [4.69, 9.17) is 0 Å². The van der Waals surface area contributed by atoms with Crippen molar-refractivity contribution in [1.29, 1.82) is 0 Å². The minimum absolute atomic E-state index is 0.250. The molecule has 0 aliphatic heterocycles. The first kappa shape index (κ1) is 11.1. The maximum atomic E-state index is 13.0. The maximum absolute atomic E-state index is 13.0. The van der Waals surface area contributed by atoms with Gasteiger partial charge in [0.05, 0.1) is 17.3 Å². The van der Waals surface area contributed by atoms with Crippen molar-refractivity contribution in [2.75, 3.05) is 0 Å². The van der Waals surface area contributed by atoms with Crippen molar-refractivity contribution in [3.8, 4) is 0 Å². The Morgan fingerprint density at radius 3 is 2.81 bits per heavy atom. The number of rotatable bonds is 2. The van der Waals surface area contributed by atoms with Crippen molar-refractivity contribution in [3.63, 3.8) is 0 Å². The number of fused-ring (bicyclic) bond motifs is 1. The van der Waals surface area contributed by atoms with E-state index >= 15 is 0 Å². The summed E-state index contributed by atoms with van der Waals surface area (Å²) in [7, 11) is -1.74. The Kier molecular flexibility index (Phi) is 2.46. The summed E-state index contributed by atoms with van der Waals surface area (Å²) in [6.45, 7) is 0. The van der Waals surface area contributed by atoms with Gasteiger partial charge in [-0.3, -0.25) is 0 Å². The molecular weight excluding hydrogens is 231 g/mol. The fourth-order valence-corrected chi connectivity index (χ4v) is 2.19. The zero-order valence-corrected chi connectivity index (χ0v) is 9.46. The topological polar surface area (TPSA) is 52.0 Å². The number of imidazole rings is 1. The standard InChI is InChI=1S/C10H10FN2O2S/c1-13-9-5-7(11)3-4-8(9)12-10(13)6-16(2,14)15/h3-5H,2,6H2,1H3. The Labute approximate surface area is 92.6 Å². The number of aryl methyl sites for hydroxylation is 1. The summed E-state index contributed by atoms with van der Waals surface area (Å²) in [6.07, 6.45) is 3.04. The molecule has 1 heterocycles. The van der Waals surface area contributed by atoms with Crippen LogP contribution in [0.2, 0.25) is 0 Å². The summed E-state index contributed by atoms with van der Waals surface area (Å²) < 4.78 is 36.7. The van der Waals surface area contributed by atoms with Crippen LogP contribution < -0.4 is 0 Å². The van der Waals surface area contributed by atoms with Crippen molar-refractivity contribution in [3.05, 3.63) is 36.1 Å². The van der Waals surface area contributed by atoms with Gasteiger partial charge in [0.15, 0.2) is 9.84 Å². The van der Waals surface area contributed by atoms with Gasteiger partial charge in [-0.1, -0.05) is 0 Å². The van der Waals surface area contributed by atoms with E-state index in [1.165, 1.54) is 18.2 Å². The van der Waals surface area contributed by atoms with E-state index in [0.717, 1.165) is 0 Å².